The van der Waals surface area contributed by atoms with Crippen LogP contribution in [0.2, 0.25) is 0 Å². The lowest BCUT2D eigenvalue weighted by molar-refractivity contribution is -0.110. The second-order valence-corrected chi connectivity index (χ2v) is 3.63. The van der Waals surface area contributed by atoms with Gasteiger partial charge in [-0.3, -0.25) is 0 Å². The van der Waals surface area contributed by atoms with Crippen LogP contribution in [0.5, 0.6) is 0 Å². The number of aldehydes is 1. The van der Waals surface area contributed by atoms with E-state index >= 15 is 0 Å². The van der Waals surface area contributed by atoms with Gasteiger partial charge in [-0.05, 0) is 20.0 Å². The highest BCUT2D eigenvalue weighted by Crippen LogP contribution is 2.10. The van der Waals surface area contributed by atoms with E-state index in [0.29, 0.717) is 5.92 Å². The number of carbonyl (C=O) groups excluding carboxylic acids is 1. The highest BCUT2D eigenvalue weighted by Gasteiger charge is 2.17. The van der Waals surface area contributed by atoms with Gasteiger partial charge in [0.1, 0.15) is 6.29 Å². The van der Waals surface area contributed by atoms with Crippen LogP contribution in [0.15, 0.2) is 12.4 Å². The smallest absolute Gasteiger partial charge is 0.199 e. The van der Waals surface area contributed by atoms with Gasteiger partial charge < -0.3 is 20.0 Å². The molecule has 1 unspecified atom stereocenters. The van der Waals surface area contributed by atoms with Crippen LogP contribution in [-0.2, 0) is 4.79 Å². The van der Waals surface area contributed by atoms with Crippen molar-refractivity contribution in [2.24, 2.45) is 5.92 Å². The maximum Gasteiger partial charge on any atom is 0.199 e. The van der Waals surface area contributed by atoms with Crippen LogP contribution < -0.4 is 5.32 Å². The summed E-state index contributed by atoms with van der Waals surface area (Å²) >= 11 is 0. The highest BCUT2D eigenvalue weighted by atomic mass is 16.1. The summed E-state index contributed by atoms with van der Waals surface area (Å²) in [5.41, 5.74) is 0. The minimum absolute atomic E-state index is 0.319. The SMILES string of the molecule is CC.CN1CCC(C=O)C1.CNc1ncc[nH]1. The van der Waals surface area contributed by atoms with E-state index in [1.165, 1.54) is 0 Å². The van der Waals surface area contributed by atoms with Crippen molar-refractivity contribution >= 4 is 12.2 Å². The van der Waals surface area contributed by atoms with E-state index in [2.05, 4.69) is 20.2 Å². The third-order valence-corrected chi connectivity index (χ3v) is 2.36. The monoisotopic (exact) mass is 240 g/mol. The molecule has 1 aliphatic heterocycles. The summed E-state index contributed by atoms with van der Waals surface area (Å²) in [6.45, 7) is 6.05. The molecule has 17 heavy (non-hydrogen) atoms. The number of nitrogens with zero attached hydrogens (tertiary/aromatic N) is 2. The van der Waals surface area contributed by atoms with Crippen LogP contribution >= 0.6 is 0 Å². The Bertz CT molecular complexity index is 274. The van der Waals surface area contributed by atoms with Gasteiger partial charge in [-0.1, -0.05) is 13.8 Å². The van der Waals surface area contributed by atoms with Gasteiger partial charge in [-0.15, -0.1) is 0 Å². The number of hydrogen-bond acceptors (Lipinski definition) is 4. The molecule has 1 atom stereocenters. The Balaban J connectivity index is 0.000000265. The van der Waals surface area contributed by atoms with E-state index in [1.807, 2.05) is 27.9 Å². The normalized spacial score (nSPS) is 18.5. The number of anilines is 1. The summed E-state index contributed by atoms with van der Waals surface area (Å²) in [5.74, 6) is 1.12. The Kier molecular flexibility index (Phi) is 9.05. The van der Waals surface area contributed by atoms with Crippen molar-refractivity contribution in [3.63, 3.8) is 0 Å². The van der Waals surface area contributed by atoms with Crippen LogP contribution in [-0.4, -0.2) is 48.3 Å². The first kappa shape index (κ1) is 15.6. The van der Waals surface area contributed by atoms with Crippen LogP contribution in [0, 0.1) is 5.92 Å². The molecule has 0 aromatic carbocycles. The number of carbonyl (C=O) groups is 1. The van der Waals surface area contributed by atoms with E-state index in [4.69, 9.17) is 0 Å². The summed E-state index contributed by atoms with van der Waals surface area (Å²) in [6, 6.07) is 0. The quantitative estimate of drug-likeness (QED) is 0.771. The second-order valence-electron chi connectivity index (χ2n) is 3.63. The largest absolute Gasteiger partial charge is 0.359 e. The van der Waals surface area contributed by atoms with Crippen LogP contribution in [0.25, 0.3) is 0 Å². The van der Waals surface area contributed by atoms with Gasteiger partial charge >= 0.3 is 0 Å². The molecule has 0 aliphatic carbocycles. The number of nitrogens with one attached hydrogen (secondary N) is 2. The third kappa shape index (κ3) is 6.73. The molecule has 2 heterocycles. The molecule has 2 rings (SSSR count). The fraction of sp³-hybridized carbons (Fsp3) is 0.667. The van der Waals surface area contributed by atoms with Gasteiger partial charge in [0.05, 0.1) is 0 Å². The van der Waals surface area contributed by atoms with Gasteiger partial charge in [0.2, 0.25) is 0 Å². The van der Waals surface area contributed by atoms with Crippen molar-refractivity contribution in [2.75, 3.05) is 32.5 Å². The summed E-state index contributed by atoms with van der Waals surface area (Å²) in [6.07, 6.45) is 5.58. The molecule has 1 saturated heterocycles. The number of hydrogen-bond donors (Lipinski definition) is 2. The number of rotatable bonds is 2. The first-order chi connectivity index (χ1) is 8.26. The lowest BCUT2D eigenvalue weighted by atomic mass is 10.1. The Morgan fingerprint density at radius 1 is 1.59 bits per heavy atom. The molecule has 5 heteroatoms. The average Bonchev–Trinajstić information content (AvgIpc) is 3.03. The summed E-state index contributed by atoms with van der Waals surface area (Å²) in [7, 11) is 3.86. The van der Waals surface area contributed by atoms with Crippen molar-refractivity contribution in [2.45, 2.75) is 20.3 Å². The number of imidazole rings is 1. The summed E-state index contributed by atoms with van der Waals surface area (Å²) in [4.78, 5) is 19.0. The second kappa shape index (κ2) is 9.84. The fourth-order valence-corrected chi connectivity index (χ4v) is 1.48. The topological polar surface area (TPSA) is 61.0 Å². The molecule has 1 fully saturated rings. The van der Waals surface area contributed by atoms with Crippen molar-refractivity contribution in [3.8, 4) is 0 Å². The predicted molar refractivity (Wildman–Crippen MR) is 71.2 cm³/mol. The van der Waals surface area contributed by atoms with E-state index in [-0.39, 0.29) is 0 Å². The zero-order valence-electron chi connectivity index (χ0n) is 11.2. The first-order valence-corrected chi connectivity index (χ1v) is 6.07. The molecule has 0 radical (unpaired) electrons. The Morgan fingerprint density at radius 2 is 2.29 bits per heavy atom. The molecule has 0 bridgehead atoms. The number of H-pyrrole nitrogens is 1. The van der Waals surface area contributed by atoms with Crippen molar-refractivity contribution < 1.29 is 4.79 Å². The predicted octanol–water partition coefficient (Wildman–Crippen LogP) is 1.61. The molecule has 98 valence electrons. The third-order valence-electron chi connectivity index (χ3n) is 2.36. The van der Waals surface area contributed by atoms with Crippen molar-refractivity contribution in [1.29, 1.82) is 0 Å². The Morgan fingerprint density at radius 3 is 2.53 bits per heavy atom. The van der Waals surface area contributed by atoms with E-state index in [1.54, 1.807) is 12.4 Å². The standard InChI is InChI=1S/C6H11NO.C4H7N3.C2H6/c1-7-3-2-6(4-7)5-8;1-5-4-6-2-3-7-4;1-2/h5-6H,2-4H2,1H3;2-3H,1H3,(H2,5,6,7);1-2H3. The zero-order chi connectivity index (χ0) is 13.1. The van der Waals surface area contributed by atoms with Crippen molar-refractivity contribution in [1.82, 2.24) is 14.9 Å². The number of aromatic nitrogens is 2. The molecule has 0 saturated carbocycles. The van der Waals surface area contributed by atoms with Crippen LogP contribution in [0.1, 0.15) is 20.3 Å². The van der Waals surface area contributed by atoms with E-state index in [9.17, 15) is 4.79 Å². The zero-order valence-corrected chi connectivity index (χ0v) is 11.2. The van der Waals surface area contributed by atoms with Gasteiger partial charge in [-0.2, -0.15) is 0 Å². The Hall–Kier alpha value is -1.36. The van der Waals surface area contributed by atoms with Crippen LogP contribution in [0.3, 0.4) is 0 Å². The molecular formula is C12H24N4O. The maximum atomic E-state index is 10.1. The molecule has 1 aliphatic rings. The molecule has 1 aromatic heterocycles. The molecule has 5 nitrogen and oxygen atoms in total. The van der Waals surface area contributed by atoms with E-state index < -0.39 is 0 Å². The molecule has 1 aromatic rings. The van der Waals surface area contributed by atoms with Crippen molar-refractivity contribution in [3.05, 3.63) is 12.4 Å². The maximum absolute atomic E-state index is 10.1. The molecule has 0 amide bonds. The van der Waals surface area contributed by atoms with Gasteiger partial charge in [0.15, 0.2) is 5.95 Å². The highest BCUT2D eigenvalue weighted by molar-refractivity contribution is 5.54. The minimum Gasteiger partial charge on any atom is -0.359 e. The minimum atomic E-state index is 0.319. The van der Waals surface area contributed by atoms with Gasteiger partial charge in [-0.25, -0.2) is 4.98 Å². The molecule has 0 spiro atoms. The average molecular weight is 240 g/mol. The number of likely N-dealkylation sites (tertiary alicyclic amines) is 1. The van der Waals surface area contributed by atoms with Gasteiger partial charge in [0, 0.05) is 31.9 Å². The number of aromatic amines is 1. The lowest BCUT2D eigenvalue weighted by Crippen LogP contribution is -2.14. The Labute approximate surface area is 104 Å². The van der Waals surface area contributed by atoms with E-state index in [0.717, 1.165) is 31.7 Å². The summed E-state index contributed by atoms with van der Waals surface area (Å²) in [5, 5.41) is 2.84. The summed E-state index contributed by atoms with van der Waals surface area (Å²) < 4.78 is 0. The van der Waals surface area contributed by atoms with Gasteiger partial charge in [0.25, 0.3) is 0 Å². The molecular weight excluding hydrogens is 216 g/mol. The molecule has 2 N–H and O–H groups in total. The lowest BCUT2D eigenvalue weighted by Gasteiger charge is -2.02. The van der Waals surface area contributed by atoms with Crippen LogP contribution in [0.4, 0.5) is 5.95 Å². The first-order valence-electron chi connectivity index (χ1n) is 6.07. The fourth-order valence-electron chi connectivity index (χ4n) is 1.48.